The molecule has 0 aliphatic rings. The van der Waals surface area contributed by atoms with E-state index in [1.54, 1.807) is 0 Å². The molecule has 0 N–H and O–H groups in total. The van der Waals surface area contributed by atoms with E-state index in [9.17, 15) is 9.59 Å². The van der Waals surface area contributed by atoms with E-state index >= 15 is 0 Å². The van der Waals surface area contributed by atoms with Gasteiger partial charge in [-0.05, 0) is 25.7 Å². The molecule has 0 saturated heterocycles. The molecule has 0 aromatic heterocycles. The Morgan fingerprint density at radius 3 is 1.46 bits per heavy atom. The molecule has 0 spiro atoms. The zero-order valence-electron chi connectivity index (χ0n) is 15.9. The maximum atomic E-state index is 11.6. The molecule has 0 radical (unpaired) electrons. The van der Waals surface area contributed by atoms with Crippen LogP contribution in [-0.4, -0.2) is 25.2 Å². The molecule has 0 heterocycles. The molecule has 0 unspecified atom stereocenters. The summed E-state index contributed by atoms with van der Waals surface area (Å²) < 4.78 is 10.3. The van der Waals surface area contributed by atoms with Gasteiger partial charge in [-0.1, -0.05) is 65.2 Å². The van der Waals surface area contributed by atoms with E-state index in [0.29, 0.717) is 38.9 Å². The number of ether oxygens (including phenoxy) is 2. The Balaban J connectivity index is 3.28. The third-order valence-corrected chi connectivity index (χ3v) is 4.03. The molecule has 0 aromatic carbocycles. The fourth-order valence-corrected chi connectivity index (χ4v) is 2.44. The van der Waals surface area contributed by atoms with Crippen molar-refractivity contribution in [1.82, 2.24) is 0 Å². The third kappa shape index (κ3) is 17.3. The van der Waals surface area contributed by atoms with Gasteiger partial charge in [0.05, 0.1) is 13.2 Å². The van der Waals surface area contributed by atoms with Crippen molar-refractivity contribution in [2.24, 2.45) is 0 Å². The molecule has 0 rings (SSSR count). The molecule has 0 aliphatic carbocycles. The lowest BCUT2D eigenvalue weighted by atomic mass is 10.1. The molecule has 0 atom stereocenters. The summed E-state index contributed by atoms with van der Waals surface area (Å²) in [5.74, 6) is -0.298. The average molecular weight is 343 g/mol. The van der Waals surface area contributed by atoms with E-state index in [0.717, 1.165) is 25.7 Å². The molecule has 0 aromatic rings. The molecule has 0 bridgehead atoms. The zero-order valence-corrected chi connectivity index (χ0v) is 15.9. The van der Waals surface area contributed by atoms with Crippen LogP contribution in [0.25, 0.3) is 0 Å². The van der Waals surface area contributed by atoms with Crippen LogP contribution in [0.3, 0.4) is 0 Å². The normalized spacial score (nSPS) is 10.6. The van der Waals surface area contributed by atoms with Crippen molar-refractivity contribution in [2.75, 3.05) is 13.2 Å². The Hall–Kier alpha value is -1.06. The van der Waals surface area contributed by atoms with E-state index < -0.39 is 0 Å². The zero-order chi connectivity index (χ0) is 17.9. The fourth-order valence-electron chi connectivity index (χ4n) is 2.44. The highest BCUT2D eigenvalue weighted by atomic mass is 16.5. The van der Waals surface area contributed by atoms with Gasteiger partial charge in [0.1, 0.15) is 0 Å². The second-order valence-corrected chi connectivity index (χ2v) is 6.48. The molecule has 4 heteroatoms. The summed E-state index contributed by atoms with van der Waals surface area (Å²) in [6, 6.07) is 0. The van der Waals surface area contributed by atoms with Crippen molar-refractivity contribution < 1.29 is 19.1 Å². The summed E-state index contributed by atoms with van der Waals surface area (Å²) in [5, 5.41) is 0. The van der Waals surface area contributed by atoms with Gasteiger partial charge in [-0.25, -0.2) is 0 Å². The second kappa shape index (κ2) is 18.3. The smallest absolute Gasteiger partial charge is 0.305 e. The number of rotatable bonds is 17. The molecule has 24 heavy (non-hydrogen) atoms. The topological polar surface area (TPSA) is 52.6 Å². The van der Waals surface area contributed by atoms with Crippen molar-refractivity contribution in [1.29, 1.82) is 0 Å². The number of esters is 2. The minimum atomic E-state index is -0.157. The Bertz CT molecular complexity index is 302. The van der Waals surface area contributed by atoms with Crippen LogP contribution in [0.1, 0.15) is 104 Å². The first-order chi connectivity index (χ1) is 11.7. The minimum absolute atomic E-state index is 0.141. The molecule has 0 fully saturated rings. The minimum Gasteiger partial charge on any atom is -0.466 e. The first-order valence-corrected chi connectivity index (χ1v) is 10.0. The highest BCUT2D eigenvalue weighted by Gasteiger charge is 2.06. The van der Waals surface area contributed by atoms with E-state index in [4.69, 9.17) is 9.47 Å². The number of carbonyl (C=O) groups excluding carboxylic acids is 2. The van der Waals surface area contributed by atoms with E-state index in [1.165, 1.54) is 38.5 Å². The summed E-state index contributed by atoms with van der Waals surface area (Å²) in [6.07, 6.45) is 14.1. The third-order valence-electron chi connectivity index (χ3n) is 4.03. The summed E-state index contributed by atoms with van der Waals surface area (Å²) in [5.41, 5.74) is 0. The standard InChI is InChI=1S/C20H38O4/c1-3-5-7-8-9-10-11-14-18-24-20(22)16-13-12-15-19(21)23-17-6-4-2/h3-18H2,1-2H3. The van der Waals surface area contributed by atoms with Gasteiger partial charge in [0.2, 0.25) is 0 Å². The van der Waals surface area contributed by atoms with Gasteiger partial charge in [0.15, 0.2) is 0 Å². The van der Waals surface area contributed by atoms with Crippen LogP contribution >= 0.6 is 0 Å². The number of carbonyl (C=O) groups is 2. The predicted octanol–water partition coefficient (Wildman–Crippen LogP) is 5.57. The highest BCUT2D eigenvalue weighted by molar-refractivity contribution is 5.70. The maximum absolute atomic E-state index is 11.6. The highest BCUT2D eigenvalue weighted by Crippen LogP contribution is 2.09. The van der Waals surface area contributed by atoms with Gasteiger partial charge in [-0.15, -0.1) is 0 Å². The first-order valence-electron chi connectivity index (χ1n) is 10.0. The van der Waals surface area contributed by atoms with Gasteiger partial charge >= 0.3 is 11.9 Å². The number of hydrogen-bond acceptors (Lipinski definition) is 4. The molecule has 4 nitrogen and oxygen atoms in total. The van der Waals surface area contributed by atoms with Gasteiger partial charge in [-0.2, -0.15) is 0 Å². The quantitative estimate of drug-likeness (QED) is 0.256. The van der Waals surface area contributed by atoms with Crippen LogP contribution < -0.4 is 0 Å². The van der Waals surface area contributed by atoms with Crippen LogP contribution in [0.2, 0.25) is 0 Å². The Kier molecular flexibility index (Phi) is 17.5. The summed E-state index contributed by atoms with van der Waals surface area (Å²) in [4.78, 5) is 22.9. The lowest BCUT2D eigenvalue weighted by Crippen LogP contribution is -2.08. The molecule has 0 aliphatic heterocycles. The second-order valence-electron chi connectivity index (χ2n) is 6.48. The first kappa shape index (κ1) is 22.9. The van der Waals surface area contributed by atoms with E-state index in [1.807, 2.05) is 0 Å². The lowest BCUT2D eigenvalue weighted by Gasteiger charge is -2.06. The lowest BCUT2D eigenvalue weighted by molar-refractivity contribution is -0.146. The van der Waals surface area contributed by atoms with Gasteiger partial charge in [0, 0.05) is 12.8 Å². The van der Waals surface area contributed by atoms with Crippen LogP contribution in [0.5, 0.6) is 0 Å². The summed E-state index contributed by atoms with van der Waals surface area (Å²) >= 11 is 0. The summed E-state index contributed by atoms with van der Waals surface area (Å²) in [6.45, 7) is 5.34. The summed E-state index contributed by atoms with van der Waals surface area (Å²) in [7, 11) is 0. The van der Waals surface area contributed by atoms with Gasteiger partial charge < -0.3 is 9.47 Å². The molecule has 0 saturated carbocycles. The van der Waals surface area contributed by atoms with Gasteiger partial charge in [-0.3, -0.25) is 9.59 Å². The fraction of sp³-hybridized carbons (Fsp3) is 0.900. The Labute approximate surface area is 148 Å². The van der Waals surface area contributed by atoms with Gasteiger partial charge in [0.25, 0.3) is 0 Å². The molecule has 142 valence electrons. The van der Waals surface area contributed by atoms with Crippen LogP contribution in [-0.2, 0) is 19.1 Å². The van der Waals surface area contributed by atoms with Crippen molar-refractivity contribution >= 4 is 11.9 Å². The average Bonchev–Trinajstić information content (AvgIpc) is 2.57. The predicted molar refractivity (Wildman–Crippen MR) is 97.9 cm³/mol. The SMILES string of the molecule is CCCCCCCCCCOC(=O)CCCCC(=O)OCCCC. The number of hydrogen-bond donors (Lipinski definition) is 0. The Morgan fingerprint density at radius 1 is 0.542 bits per heavy atom. The van der Waals surface area contributed by atoms with Crippen LogP contribution in [0, 0.1) is 0 Å². The van der Waals surface area contributed by atoms with Crippen molar-refractivity contribution in [3.05, 3.63) is 0 Å². The monoisotopic (exact) mass is 342 g/mol. The Morgan fingerprint density at radius 2 is 0.958 bits per heavy atom. The van der Waals surface area contributed by atoms with Crippen LogP contribution in [0.15, 0.2) is 0 Å². The van der Waals surface area contributed by atoms with E-state index in [-0.39, 0.29) is 11.9 Å². The van der Waals surface area contributed by atoms with Crippen molar-refractivity contribution in [2.45, 2.75) is 104 Å². The largest absolute Gasteiger partial charge is 0.466 e. The molecular weight excluding hydrogens is 304 g/mol. The van der Waals surface area contributed by atoms with E-state index in [2.05, 4.69) is 13.8 Å². The van der Waals surface area contributed by atoms with Crippen LogP contribution in [0.4, 0.5) is 0 Å². The number of unbranched alkanes of at least 4 members (excludes halogenated alkanes) is 9. The molecular formula is C20H38O4. The van der Waals surface area contributed by atoms with Crippen molar-refractivity contribution in [3.8, 4) is 0 Å². The molecule has 0 amide bonds. The van der Waals surface area contributed by atoms with Crippen molar-refractivity contribution in [3.63, 3.8) is 0 Å². The maximum Gasteiger partial charge on any atom is 0.305 e.